The standard InChI is InChI=1S/C22H26N2O2/c1-4-17(2)24(16-19-8-6-5-7-9-19)21(25)15-12-18-10-13-20(14-11-18)22(26)23-3/h5-15,17H,4,16H2,1-3H3,(H,23,26)/b15-12+. The predicted octanol–water partition coefficient (Wildman–Crippen LogP) is 3.89. The van der Waals surface area contributed by atoms with Crippen LogP contribution in [0.5, 0.6) is 0 Å². The number of nitrogens with zero attached hydrogens (tertiary/aromatic N) is 1. The lowest BCUT2D eigenvalue weighted by Crippen LogP contribution is -2.36. The van der Waals surface area contributed by atoms with Gasteiger partial charge >= 0.3 is 0 Å². The third-order valence-corrected chi connectivity index (χ3v) is 4.42. The summed E-state index contributed by atoms with van der Waals surface area (Å²) in [6.07, 6.45) is 4.29. The molecule has 136 valence electrons. The van der Waals surface area contributed by atoms with Gasteiger partial charge in [-0.15, -0.1) is 0 Å². The smallest absolute Gasteiger partial charge is 0.251 e. The van der Waals surface area contributed by atoms with Crippen LogP contribution in [0.25, 0.3) is 6.08 Å². The quantitative estimate of drug-likeness (QED) is 0.770. The van der Waals surface area contributed by atoms with E-state index in [1.165, 1.54) is 0 Å². The summed E-state index contributed by atoms with van der Waals surface area (Å²) in [6, 6.07) is 17.3. The van der Waals surface area contributed by atoms with E-state index < -0.39 is 0 Å². The minimum absolute atomic E-state index is 0.0152. The maximum Gasteiger partial charge on any atom is 0.251 e. The SMILES string of the molecule is CCC(C)N(Cc1ccccc1)C(=O)/C=C/c1ccc(C(=O)NC)cc1. The van der Waals surface area contributed by atoms with Gasteiger partial charge in [0.25, 0.3) is 5.91 Å². The zero-order chi connectivity index (χ0) is 18.9. The molecule has 0 bridgehead atoms. The average Bonchev–Trinajstić information content (AvgIpc) is 2.70. The highest BCUT2D eigenvalue weighted by atomic mass is 16.2. The molecule has 4 heteroatoms. The summed E-state index contributed by atoms with van der Waals surface area (Å²) in [6.45, 7) is 4.73. The highest BCUT2D eigenvalue weighted by Crippen LogP contribution is 2.13. The van der Waals surface area contributed by atoms with Crippen LogP contribution in [0.3, 0.4) is 0 Å². The average molecular weight is 350 g/mol. The van der Waals surface area contributed by atoms with Gasteiger partial charge in [0.2, 0.25) is 5.91 Å². The zero-order valence-corrected chi connectivity index (χ0v) is 15.6. The van der Waals surface area contributed by atoms with E-state index in [0.717, 1.165) is 17.5 Å². The molecule has 26 heavy (non-hydrogen) atoms. The van der Waals surface area contributed by atoms with Gasteiger partial charge in [-0.05, 0) is 42.7 Å². The van der Waals surface area contributed by atoms with E-state index in [1.54, 1.807) is 31.3 Å². The summed E-state index contributed by atoms with van der Waals surface area (Å²) in [5.41, 5.74) is 2.60. The van der Waals surface area contributed by atoms with Crippen LogP contribution < -0.4 is 5.32 Å². The lowest BCUT2D eigenvalue weighted by molar-refractivity contribution is -0.128. The first kappa shape index (κ1) is 19.4. The highest BCUT2D eigenvalue weighted by Gasteiger charge is 2.17. The van der Waals surface area contributed by atoms with Crippen LogP contribution in [-0.2, 0) is 11.3 Å². The Hall–Kier alpha value is -2.88. The molecule has 0 saturated carbocycles. The molecule has 4 nitrogen and oxygen atoms in total. The van der Waals surface area contributed by atoms with Crippen molar-refractivity contribution >= 4 is 17.9 Å². The molecule has 0 fully saturated rings. The Morgan fingerprint density at radius 3 is 2.31 bits per heavy atom. The molecule has 0 aliphatic heterocycles. The van der Waals surface area contributed by atoms with E-state index in [0.29, 0.717) is 12.1 Å². The Morgan fingerprint density at radius 2 is 1.73 bits per heavy atom. The second-order valence-corrected chi connectivity index (χ2v) is 6.24. The molecule has 0 aliphatic carbocycles. The van der Waals surface area contributed by atoms with Crippen molar-refractivity contribution in [1.82, 2.24) is 10.2 Å². The molecular formula is C22H26N2O2. The van der Waals surface area contributed by atoms with Crippen molar-refractivity contribution in [2.45, 2.75) is 32.9 Å². The Labute approximate surface area is 155 Å². The van der Waals surface area contributed by atoms with Gasteiger partial charge in [-0.1, -0.05) is 49.4 Å². The molecule has 0 saturated heterocycles. The van der Waals surface area contributed by atoms with Crippen LogP contribution in [0.15, 0.2) is 60.7 Å². The molecule has 1 N–H and O–H groups in total. The van der Waals surface area contributed by atoms with Crippen molar-refractivity contribution in [1.29, 1.82) is 0 Å². The number of carbonyl (C=O) groups excluding carboxylic acids is 2. The van der Waals surface area contributed by atoms with Gasteiger partial charge in [0.05, 0.1) is 0 Å². The fraction of sp³-hybridized carbons (Fsp3) is 0.273. The lowest BCUT2D eigenvalue weighted by atomic mass is 10.1. The fourth-order valence-electron chi connectivity index (χ4n) is 2.60. The fourth-order valence-corrected chi connectivity index (χ4v) is 2.60. The summed E-state index contributed by atoms with van der Waals surface area (Å²) in [5.74, 6) is -0.138. The van der Waals surface area contributed by atoms with E-state index >= 15 is 0 Å². The van der Waals surface area contributed by atoms with E-state index in [-0.39, 0.29) is 17.9 Å². The van der Waals surface area contributed by atoms with E-state index in [2.05, 4.69) is 19.2 Å². The molecule has 2 rings (SSSR count). The third-order valence-electron chi connectivity index (χ3n) is 4.42. The van der Waals surface area contributed by atoms with Gasteiger partial charge in [0, 0.05) is 31.3 Å². The van der Waals surface area contributed by atoms with E-state index in [9.17, 15) is 9.59 Å². The number of amides is 2. The number of hydrogen-bond acceptors (Lipinski definition) is 2. The second-order valence-electron chi connectivity index (χ2n) is 6.24. The number of carbonyl (C=O) groups is 2. The predicted molar refractivity (Wildman–Crippen MR) is 106 cm³/mol. The first-order chi connectivity index (χ1) is 12.5. The number of benzene rings is 2. The van der Waals surface area contributed by atoms with Gasteiger partial charge in [-0.3, -0.25) is 9.59 Å². The molecule has 0 radical (unpaired) electrons. The van der Waals surface area contributed by atoms with E-state index in [4.69, 9.17) is 0 Å². The van der Waals surface area contributed by atoms with Crippen molar-refractivity contribution < 1.29 is 9.59 Å². The minimum Gasteiger partial charge on any atom is -0.355 e. The minimum atomic E-state index is -0.123. The summed E-state index contributed by atoms with van der Waals surface area (Å²) in [7, 11) is 1.60. The molecule has 0 aromatic heterocycles. The Morgan fingerprint density at radius 1 is 1.08 bits per heavy atom. The van der Waals surface area contributed by atoms with Crippen LogP contribution in [0.1, 0.15) is 41.8 Å². The zero-order valence-electron chi connectivity index (χ0n) is 15.6. The van der Waals surface area contributed by atoms with Gasteiger partial charge in [0.1, 0.15) is 0 Å². The van der Waals surface area contributed by atoms with Crippen LogP contribution in [-0.4, -0.2) is 29.8 Å². The maximum atomic E-state index is 12.7. The van der Waals surface area contributed by atoms with Gasteiger partial charge in [-0.25, -0.2) is 0 Å². The normalized spacial score (nSPS) is 12.0. The number of hydrogen-bond donors (Lipinski definition) is 1. The van der Waals surface area contributed by atoms with Crippen LogP contribution in [0.2, 0.25) is 0 Å². The van der Waals surface area contributed by atoms with Gasteiger partial charge in [0.15, 0.2) is 0 Å². The van der Waals surface area contributed by atoms with Gasteiger partial charge < -0.3 is 10.2 Å². The third kappa shape index (κ3) is 5.31. The number of rotatable bonds is 7. The maximum absolute atomic E-state index is 12.7. The van der Waals surface area contributed by atoms with Crippen molar-refractivity contribution in [2.75, 3.05) is 7.05 Å². The van der Waals surface area contributed by atoms with Crippen molar-refractivity contribution in [3.8, 4) is 0 Å². The second kappa shape index (κ2) is 9.56. The molecule has 2 aromatic rings. The van der Waals surface area contributed by atoms with Crippen LogP contribution in [0, 0.1) is 0 Å². The molecule has 1 atom stereocenters. The van der Waals surface area contributed by atoms with Crippen molar-refractivity contribution in [3.05, 3.63) is 77.4 Å². The molecular weight excluding hydrogens is 324 g/mol. The molecule has 2 amide bonds. The van der Waals surface area contributed by atoms with Crippen molar-refractivity contribution in [3.63, 3.8) is 0 Å². The Kier molecular flexibility index (Phi) is 7.15. The Bertz CT molecular complexity index is 751. The topological polar surface area (TPSA) is 49.4 Å². The van der Waals surface area contributed by atoms with Crippen molar-refractivity contribution in [2.24, 2.45) is 0 Å². The summed E-state index contributed by atoms with van der Waals surface area (Å²) >= 11 is 0. The molecule has 2 aromatic carbocycles. The molecule has 0 aliphatic rings. The van der Waals surface area contributed by atoms with Crippen LogP contribution in [0.4, 0.5) is 0 Å². The number of nitrogens with one attached hydrogen (secondary N) is 1. The Balaban J connectivity index is 2.10. The molecule has 0 spiro atoms. The largest absolute Gasteiger partial charge is 0.355 e. The monoisotopic (exact) mass is 350 g/mol. The molecule has 0 heterocycles. The lowest BCUT2D eigenvalue weighted by Gasteiger charge is -2.27. The highest BCUT2D eigenvalue weighted by molar-refractivity contribution is 5.94. The van der Waals surface area contributed by atoms with Crippen LogP contribution >= 0.6 is 0 Å². The summed E-state index contributed by atoms with van der Waals surface area (Å²) < 4.78 is 0. The molecule has 1 unspecified atom stereocenters. The first-order valence-corrected chi connectivity index (χ1v) is 8.90. The first-order valence-electron chi connectivity index (χ1n) is 8.90. The van der Waals surface area contributed by atoms with E-state index in [1.807, 2.05) is 47.4 Å². The summed E-state index contributed by atoms with van der Waals surface area (Å²) in [5, 5.41) is 2.59. The summed E-state index contributed by atoms with van der Waals surface area (Å²) in [4.78, 5) is 26.2. The van der Waals surface area contributed by atoms with Gasteiger partial charge in [-0.2, -0.15) is 0 Å².